The van der Waals surface area contributed by atoms with E-state index < -0.39 is 0 Å². The molecule has 1 aliphatic rings. The van der Waals surface area contributed by atoms with Crippen molar-refractivity contribution in [2.45, 2.75) is 32.7 Å². The molecule has 0 aliphatic carbocycles. The molecule has 0 radical (unpaired) electrons. The van der Waals surface area contributed by atoms with Gasteiger partial charge >= 0.3 is 0 Å². The Balaban J connectivity index is 2.15. The lowest BCUT2D eigenvalue weighted by Gasteiger charge is -2.27. The predicted molar refractivity (Wildman–Crippen MR) is 77.5 cm³/mol. The van der Waals surface area contributed by atoms with Gasteiger partial charge in [0.05, 0.1) is 5.56 Å². The number of likely N-dealkylation sites (tertiary alicyclic amines) is 1. The van der Waals surface area contributed by atoms with Gasteiger partial charge in [-0.25, -0.2) is 4.98 Å². The molecule has 1 aromatic heterocycles. The summed E-state index contributed by atoms with van der Waals surface area (Å²) in [4.78, 5) is 20.8. The third-order valence-electron chi connectivity index (χ3n) is 3.78. The lowest BCUT2D eigenvalue weighted by atomic mass is 10.0. The molecule has 2 rings (SSSR count). The number of anilines is 1. The van der Waals surface area contributed by atoms with E-state index in [9.17, 15) is 4.79 Å². The molecule has 19 heavy (non-hydrogen) atoms. The molecule has 2 heterocycles. The zero-order valence-electron chi connectivity index (χ0n) is 12.3. The number of rotatable bonds is 3. The summed E-state index contributed by atoms with van der Waals surface area (Å²) in [5, 5.41) is 0. The van der Waals surface area contributed by atoms with Crippen LogP contribution in [0, 0.1) is 5.92 Å². The fourth-order valence-corrected chi connectivity index (χ4v) is 2.68. The molecule has 104 valence electrons. The van der Waals surface area contributed by atoms with E-state index in [1.807, 2.05) is 36.0 Å². The van der Waals surface area contributed by atoms with Crippen molar-refractivity contribution in [1.29, 1.82) is 0 Å². The largest absolute Gasteiger partial charge is 0.363 e. The van der Waals surface area contributed by atoms with Crippen molar-refractivity contribution in [3.63, 3.8) is 0 Å². The Kier molecular flexibility index (Phi) is 4.08. The van der Waals surface area contributed by atoms with Crippen LogP contribution >= 0.6 is 0 Å². The van der Waals surface area contributed by atoms with E-state index in [2.05, 4.69) is 18.8 Å². The number of nitrogens with zero attached hydrogens (tertiary/aromatic N) is 3. The third-order valence-corrected chi connectivity index (χ3v) is 3.78. The number of amides is 1. The van der Waals surface area contributed by atoms with Crippen LogP contribution in [0.15, 0.2) is 18.3 Å². The molecule has 0 N–H and O–H groups in total. The van der Waals surface area contributed by atoms with Gasteiger partial charge in [-0.2, -0.15) is 0 Å². The van der Waals surface area contributed by atoms with Gasteiger partial charge in [0, 0.05) is 32.9 Å². The van der Waals surface area contributed by atoms with Crippen molar-refractivity contribution < 1.29 is 4.79 Å². The van der Waals surface area contributed by atoms with Gasteiger partial charge in [-0.3, -0.25) is 4.79 Å². The summed E-state index contributed by atoms with van der Waals surface area (Å²) < 4.78 is 0. The van der Waals surface area contributed by atoms with Gasteiger partial charge in [0.2, 0.25) is 0 Å². The van der Waals surface area contributed by atoms with Crippen LogP contribution in [0.2, 0.25) is 0 Å². The number of carbonyl (C=O) groups is 1. The molecule has 4 heteroatoms. The fraction of sp³-hybridized carbons (Fsp3) is 0.600. The Hall–Kier alpha value is -1.58. The first-order chi connectivity index (χ1) is 9.00. The number of carbonyl (C=O) groups excluding carboxylic acids is 1. The van der Waals surface area contributed by atoms with Gasteiger partial charge in [-0.15, -0.1) is 0 Å². The summed E-state index contributed by atoms with van der Waals surface area (Å²) in [6.45, 7) is 5.24. The molecule has 1 fully saturated rings. The highest BCUT2D eigenvalue weighted by molar-refractivity contribution is 5.94. The Morgan fingerprint density at radius 1 is 1.42 bits per heavy atom. The average Bonchev–Trinajstić information content (AvgIpc) is 2.87. The van der Waals surface area contributed by atoms with Crippen LogP contribution in [0.1, 0.15) is 37.0 Å². The van der Waals surface area contributed by atoms with Gasteiger partial charge in [-0.05, 0) is 30.9 Å². The standard InChI is InChI=1S/C15H23N3O/c1-11(2)13-6-5-9-18(13)15(19)12-7-8-14(16-10-12)17(3)4/h7-8,10-11,13H,5-6,9H2,1-4H3. The summed E-state index contributed by atoms with van der Waals surface area (Å²) in [6.07, 6.45) is 3.91. The molecule has 0 aromatic carbocycles. The monoisotopic (exact) mass is 261 g/mol. The average molecular weight is 261 g/mol. The van der Waals surface area contributed by atoms with Crippen molar-refractivity contribution in [2.75, 3.05) is 25.5 Å². The minimum Gasteiger partial charge on any atom is -0.363 e. The summed E-state index contributed by atoms with van der Waals surface area (Å²) in [5.41, 5.74) is 0.693. The first kappa shape index (κ1) is 13.8. The van der Waals surface area contributed by atoms with E-state index >= 15 is 0 Å². The molecular formula is C15H23N3O. The second-order valence-electron chi connectivity index (χ2n) is 5.75. The molecule has 1 aliphatic heterocycles. The molecule has 1 saturated heterocycles. The minimum atomic E-state index is 0.119. The zero-order chi connectivity index (χ0) is 14.0. The van der Waals surface area contributed by atoms with E-state index in [1.54, 1.807) is 6.20 Å². The van der Waals surface area contributed by atoms with Crippen LogP contribution in [0.25, 0.3) is 0 Å². The molecule has 0 saturated carbocycles. The maximum Gasteiger partial charge on any atom is 0.255 e. The van der Waals surface area contributed by atoms with Crippen molar-refractivity contribution in [3.05, 3.63) is 23.9 Å². The van der Waals surface area contributed by atoms with Gasteiger partial charge in [0.25, 0.3) is 5.91 Å². The Morgan fingerprint density at radius 3 is 2.68 bits per heavy atom. The smallest absolute Gasteiger partial charge is 0.255 e. The van der Waals surface area contributed by atoms with Crippen molar-refractivity contribution in [3.8, 4) is 0 Å². The molecular weight excluding hydrogens is 238 g/mol. The van der Waals surface area contributed by atoms with Crippen LogP contribution in [-0.2, 0) is 0 Å². The molecule has 4 nitrogen and oxygen atoms in total. The van der Waals surface area contributed by atoms with Gasteiger partial charge in [0.1, 0.15) is 5.82 Å². The molecule has 1 amide bonds. The summed E-state index contributed by atoms with van der Waals surface area (Å²) in [5.74, 6) is 1.51. The fourth-order valence-electron chi connectivity index (χ4n) is 2.68. The van der Waals surface area contributed by atoms with Crippen molar-refractivity contribution in [1.82, 2.24) is 9.88 Å². The molecule has 0 spiro atoms. The zero-order valence-corrected chi connectivity index (χ0v) is 12.3. The normalized spacial score (nSPS) is 19.0. The Labute approximate surface area is 115 Å². The van der Waals surface area contributed by atoms with Crippen LogP contribution < -0.4 is 4.90 Å². The predicted octanol–water partition coefficient (Wildman–Crippen LogP) is 2.41. The van der Waals surface area contributed by atoms with E-state index in [1.165, 1.54) is 0 Å². The van der Waals surface area contributed by atoms with Crippen LogP contribution in [0.3, 0.4) is 0 Å². The van der Waals surface area contributed by atoms with E-state index in [-0.39, 0.29) is 5.91 Å². The molecule has 1 atom stereocenters. The molecule has 0 bridgehead atoms. The highest BCUT2D eigenvalue weighted by atomic mass is 16.2. The lowest BCUT2D eigenvalue weighted by molar-refractivity contribution is 0.0701. The van der Waals surface area contributed by atoms with Crippen molar-refractivity contribution >= 4 is 11.7 Å². The van der Waals surface area contributed by atoms with Gasteiger partial charge < -0.3 is 9.80 Å². The summed E-state index contributed by atoms with van der Waals surface area (Å²) >= 11 is 0. The topological polar surface area (TPSA) is 36.4 Å². The molecule has 1 unspecified atom stereocenters. The highest BCUT2D eigenvalue weighted by Crippen LogP contribution is 2.25. The van der Waals surface area contributed by atoms with Crippen LogP contribution in [0.5, 0.6) is 0 Å². The Bertz CT molecular complexity index is 439. The van der Waals surface area contributed by atoms with E-state index in [0.29, 0.717) is 17.5 Å². The number of pyridine rings is 1. The van der Waals surface area contributed by atoms with Crippen molar-refractivity contribution in [2.24, 2.45) is 5.92 Å². The van der Waals surface area contributed by atoms with Crippen LogP contribution in [-0.4, -0.2) is 42.5 Å². The molecule has 1 aromatic rings. The van der Waals surface area contributed by atoms with Gasteiger partial charge in [-0.1, -0.05) is 13.8 Å². The minimum absolute atomic E-state index is 0.119. The summed E-state index contributed by atoms with van der Waals surface area (Å²) in [7, 11) is 3.89. The summed E-state index contributed by atoms with van der Waals surface area (Å²) in [6, 6.07) is 4.15. The quantitative estimate of drug-likeness (QED) is 0.838. The number of aromatic nitrogens is 1. The number of hydrogen-bond acceptors (Lipinski definition) is 3. The Morgan fingerprint density at radius 2 is 2.16 bits per heavy atom. The van der Waals surface area contributed by atoms with Gasteiger partial charge in [0.15, 0.2) is 0 Å². The highest BCUT2D eigenvalue weighted by Gasteiger charge is 2.31. The maximum absolute atomic E-state index is 12.5. The first-order valence-electron chi connectivity index (χ1n) is 6.95. The lowest BCUT2D eigenvalue weighted by Crippen LogP contribution is -2.38. The van der Waals surface area contributed by atoms with E-state index in [4.69, 9.17) is 0 Å². The number of hydrogen-bond donors (Lipinski definition) is 0. The third kappa shape index (κ3) is 2.88. The second-order valence-corrected chi connectivity index (χ2v) is 5.75. The van der Waals surface area contributed by atoms with Crippen LogP contribution in [0.4, 0.5) is 5.82 Å². The van der Waals surface area contributed by atoms with E-state index in [0.717, 1.165) is 25.2 Å². The maximum atomic E-state index is 12.5. The SMILES string of the molecule is CC(C)C1CCCN1C(=O)c1ccc(N(C)C)nc1. The first-order valence-corrected chi connectivity index (χ1v) is 6.95. The second kappa shape index (κ2) is 5.59.